The third kappa shape index (κ3) is 3.94. The van der Waals surface area contributed by atoms with Crippen molar-refractivity contribution in [3.8, 4) is 0 Å². The van der Waals surface area contributed by atoms with Gasteiger partial charge in [0.15, 0.2) is 0 Å². The summed E-state index contributed by atoms with van der Waals surface area (Å²) in [5.41, 5.74) is 0.718. The van der Waals surface area contributed by atoms with Gasteiger partial charge in [0.2, 0.25) is 0 Å². The van der Waals surface area contributed by atoms with Gasteiger partial charge in [0.05, 0.1) is 11.6 Å². The van der Waals surface area contributed by atoms with Gasteiger partial charge in [-0.3, -0.25) is 4.79 Å². The van der Waals surface area contributed by atoms with Gasteiger partial charge in [-0.2, -0.15) is 0 Å². The predicted octanol–water partition coefficient (Wildman–Crippen LogP) is 2.32. The average molecular weight is 268 g/mol. The van der Waals surface area contributed by atoms with E-state index in [9.17, 15) is 14.0 Å². The molecule has 2 N–H and O–H groups in total. The molecule has 6 heteroatoms. The fourth-order valence-corrected chi connectivity index (χ4v) is 1.56. The summed E-state index contributed by atoms with van der Waals surface area (Å²) in [7, 11) is 1.46. The quantitative estimate of drug-likeness (QED) is 0.880. The van der Waals surface area contributed by atoms with Gasteiger partial charge in [0, 0.05) is 13.6 Å². The van der Waals surface area contributed by atoms with E-state index in [1.54, 1.807) is 19.1 Å². The molecule has 1 rings (SSSR count). The number of carboxylic acids is 1. The van der Waals surface area contributed by atoms with Gasteiger partial charge in [-0.15, -0.1) is 0 Å². The van der Waals surface area contributed by atoms with Gasteiger partial charge < -0.3 is 15.3 Å². The van der Waals surface area contributed by atoms with E-state index in [-0.39, 0.29) is 12.2 Å². The van der Waals surface area contributed by atoms with Crippen LogP contribution in [0.1, 0.15) is 12.5 Å². The minimum Gasteiger partial charge on any atom is -0.481 e. The van der Waals surface area contributed by atoms with E-state index < -0.39 is 23.7 Å². The number of nitrogens with zero attached hydrogens (tertiary/aromatic N) is 1. The van der Waals surface area contributed by atoms with Crippen molar-refractivity contribution in [2.75, 3.05) is 18.9 Å². The van der Waals surface area contributed by atoms with Crippen LogP contribution in [0.3, 0.4) is 0 Å². The van der Waals surface area contributed by atoms with Crippen molar-refractivity contribution in [3.63, 3.8) is 0 Å². The van der Waals surface area contributed by atoms with Crippen molar-refractivity contribution >= 4 is 17.7 Å². The predicted molar refractivity (Wildman–Crippen MR) is 69.6 cm³/mol. The van der Waals surface area contributed by atoms with Crippen LogP contribution in [0, 0.1) is 18.7 Å². The second-order valence-electron chi connectivity index (χ2n) is 4.48. The molecule has 1 aromatic rings. The number of carboxylic acid groups (broad SMARTS) is 1. The van der Waals surface area contributed by atoms with Crippen LogP contribution in [0.2, 0.25) is 0 Å². The molecule has 0 heterocycles. The third-order valence-corrected chi connectivity index (χ3v) is 2.77. The zero-order valence-corrected chi connectivity index (χ0v) is 11.1. The zero-order valence-electron chi connectivity index (χ0n) is 11.1. The summed E-state index contributed by atoms with van der Waals surface area (Å²) >= 11 is 0. The summed E-state index contributed by atoms with van der Waals surface area (Å²) in [6.45, 7) is 3.23. The fraction of sp³-hybridized carbons (Fsp3) is 0.385. The molecule has 0 spiro atoms. The molecule has 2 amide bonds. The first-order valence-corrected chi connectivity index (χ1v) is 5.83. The van der Waals surface area contributed by atoms with E-state index in [1.165, 1.54) is 24.9 Å². The van der Waals surface area contributed by atoms with Crippen LogP contribution in [0.25, 0.3) is 0 Å². The molecular formula is C13H17FN2O3. The normalized spacial score (nSPS) is 11.8. The second kappa shape index (κ2) is 6.17. The molecule has 1 unspecified atom stereocenters. The number of amides is 2. The Labute approximate surface area is 111 Å². The van der Waals surface area contributed by atoms with Crippen LogP contribution in [0.15, 0.2) is 18.2 Å². The number of anilines is 1. The molecule has 0 radical (unpaired) electrons. The van der Waals surface area contributed by atoms with Gasteiger partial charge in [0.1, 0.15) is 5.82 Å². The van der Waals surface area contributed by atoms with E-state index in [4.69, 9.17) is 5.11 Å². The first-order chi connectivity index (χ1) is 8.82. The molecule has 0 saturated carbocycles. The Hall–Kier alpha value is -2.11. The number of carbonyl (C=O) groups excluding carboxylic acids is 1. The van der Waals surface area contributed by atoms with E-state index in [0.717, 1.165) is 0 Å². The minimum absolute atomic E-state index is 0.0503. The Morgan fingerprint density at radius 3 is 2.63 bits per heavy atom. The van der Waals surface area contributed by atoms with Crippen molar-refractivity contribution in [2.45, 2.75) is 13.8 Å². The van der Waals surface area contributed by atoms with Crippen molar-refractivity contribution in [1.82, 2.24) is 4.90 Å². The molecule has 104 valence electrons. The lowest BCUT2D eigenvalue weighted by Gasteiger charge is -2.20. The van der Waals surface area contributed by atoms with Gasteiger partial charge >= 0.3 is 12.0 Å². The van der Waals surface area contributed by atoms with Crippen LogP contribution in [-0.4, -0.2) is 35.6 Å². The zero-order chi connectivity index (χ0) is 14.6. The van der Waals surface area contributed by atoms with E-state index in [0.29, 0.717) is 5.56 Å². The molecule has 0 bridgehead atoms. The average Bonchev–Trinajstić information content (AvgIpc) is 2.33. The summed E-state index contributed by atoms with van der Waals surface area (Å²) < 4.78 is 13.5. The molecule has 19 heavy (non-hydrogen) atoms. The van der Waals surface area contributed by atoms with Crippen molar-refractivity contribution in [3.05, 3.63) is 29.6 Å². The maximum atomic E-state index is 13.5. The number of benzene rings is 1. The Balaban J connectivity index is 2.72. The molecule has 0 aromatic heterocycles. The Kier molecular flexibility index (Phi) is 4.86. The monoisotopic (exact) mass is 268 g/mol. The summed E-state index contributed by atoms with van der Waals surface area (Å²) in [5, 5.41) is 11.2. The molecule has 0 fully saturated rings. The largest absolute Gasteiger partial charge is 0.481 e. The highest BCUT2D eigenvalue weighted by atomic mass is 19.1. The van der Waals surface area contributed by atoms with Crippen LogP contribution >= 0.6 is 0 Å². The summed E-state index contributed by atoms with van der Waals surface area (Å²) in [4.78, 5) is 23.7. The highest BCUT2D eigenvalue weighted by molar-refractivity contribution is 5.90. The highest BCUT2D eigenvalue weighted by Crippen LogP contribution is 2.19. The summed E-state index contributed by atoms with van der Waals surface area (Å²) in [6.07, 6.45) is 0. The van der Waals surface area contributed by atoms with Crippen molar-refractivity contribution in [2.24, 2.45) is 5.92 Å². The number of nitrogens with one attached hydrogen (secondary N) is 1. The number of urea groups is 1. The molecule has 1 atom stereocenters. The second-order valence-corrected chi connectivity index (χ2v) is 4.48. The number of halogens is 1. The molecular weight excluding hydrogens is 251 g/mol. The number of hydrogen-bond acceptors (Lipinski definition) is 2. The smallest absolute Gasteiger partial charge is 0.321 e. The van der Waals surface area contributed by atoms with E-state index in [1.807, 2.05) is 0 Å². The Bertz CT molecular complexity index is 471. The highest BCUT2D eigenvalue weighted by Gasteiger charge is 2.18. The number of aryl methyl sites for hydroxylation is 1. The van der Waals surface area contributed by atoms with Crippen molar-refractivity contribution in [1.29, 1.82) is 0 Å². The number of aliphatic carboxylic acids is 1. The van der Waals surface area contributed by atoms with Gasteiger partial charge in [0.25, 0.3) is 0 Å². The molecule has 0 aliphatic carbocycles. The Morgan fingerprint density at radius 1 is 1.47 bits per heavy atom. The van der Waals surface area contributed by atoms with Crippen LogP contribution in [0.5, 0.6) is 0 Å². The van der Waals surface area contributed by atoms with Gasteiger partial charge in [-0.1, -0.05) is 19.1 Å². The summed E-state index contributed by atoms with van der Waals surface area (Å²) in [6, 6.07) is 3.94. The Morgan fingerprint density at radius 2 is 2.11 bits per heavy atom. The third-order valence-electron chi connectivity index (χ3n) is 2.77. The van der Waals surface area contributed by atoms with Gasteiger partial charge in [-0.25, -0.2) is 9.18 Å². The lowest BCUT2D eigenvalue weighted by atomic mass is 10.2. The van der Waals surface area contributed by atoms with E-state index >= 15 is 0 Å². The minimum atomic E-state index is -0.985. The van der Waals surface area contributed by atoms with Crippen LogP contribution in [0.4, 0.5) is 14.9 Å². The molecule has 1 aromatic carbocycles. The maximum absolute atomic E-state index is 13.5. The molecule has 5 nitrogen and oxygen atoms in total. The molecule has 0 aliphatic heterocycles. The topological polar surface area (TPSA) is 69.6 Å². The van der Waals surface area contributed by atoms with E-state index in [2.05, 4.69) is 5.32 Å². The first kappa shape index (κ1) is 14.9. The SMILES string of the molecule is Cc1cccc(F)c1NC(=O)N(C)CC(C)C(=O)O. The number of para-hydroxylation sites is 1. The van der Waals surface area contributed by atoms with Crippen LogP contribution < -0.4 is 5.32 Å². The number of hydrogen-bond donors (Lipinski definition) is 2. The van der Waals surface area contributed by atoms with Crippen molar-refractivity contribution < 1.29 is 19.1 Å². The fourth-order valence-electron chi connectivity index (χ4n) is 1.56. The maximum Gasteiger partial charge on any atom is 0.321 e. The lowest BCUT2D eigenvalue weighted by Crippen LogP contribution is -2.37. The van der Waals surface area contributed by atoms with Gasteiger partial charge in [-0.05, 0) is 18.6 Å². The summed E-state index contributed by atoms with van der Waals surface area (Å²) in [5.74, 6) is -2.19. The standard InChI is InChI=1S/C13H17FN2O3/c1-8-5-4-6-10(14)11(8)15-13(19)16(3)7-9(2)12(17)18/h4-6,9H,7H2,1-3H3,(H,15,19)(H,17,18). The number of rotatable bonds is 4. The number of carbonyl (C=O) groups is 2. The van der Waals surface area contributed by atoms with Crippen LogP contribution in [-0.2, 0) is 4.79 Å². The molecule has 0 aliphatic rings. The first-order valence-electron chi connectivity index (χ1n) is 5.83. The molecule has 0 saturated heterocycles. The lowest BCUT2D eigenvalue weighted by molar-refractivity contribution is -0.141.